The van der Waals surface area contributed by atoms with Crippen LogP contribution in [0.3, 0.4) is 0 Å². The maximum Gasteiger partial charge on any atom is 0.126 e. The van der Waals surface area contributed by atoms with Crippen molar-refractivity contribution in [3.63, 3.8) is 0 Å². The van der Waals surface area contributed by atoms with Crippen molar-refractivity contribution in [3.8, 4) is 0 Å². The number of rotatable bonds is 5. The van der Waals surface area contributed by atoms with Crippen LogP contribution in [0.15, 0.2) is 24.3 Å². The Labute approximate surface area is 113 Å². The van der Waals surface area contributed by atoms with E-state index in [4.69, 9.17) is 10.5 Å². The average Bonchev–Trinajstić information content (AvgIpc) is 2.42. The van der Waals surface area contributed by atoms with Gasteiger partial charge in [0.1, 0.15) is 5.82 Å². The van der Waals surface area contributed by atoms with Crippen molar-refractivity contribution >= 4 is 0 Å². The molecule has 1 fully saturated rings. The van der Waals surface area contributed by atoms with Crippen LogP contribution in [0.1, 0.15) is 12.5 Å². The molecule has 1 aliphatic rings. The fourth-order valence-electron chi connectivity index (χ4n) is 2.28. The van der Waals surface area contributed by atoms with E-state index in [1.165, 1.54) is 6.07 Å². The predicted molar refractivity (Wildman–Crippen MR) is 73.1 cm³/mol. The first-order valence-corrected chi connectivity index (χ1v) is 6.67. The van der Waals surface area contributed by atoms with E-state index in [0.717, 1.165) is 13.1 Å². The molecule has 1 saturated heterocycles. The quantitative estimate of drug-likeness (QED) is 0.833. The van der Waals surface area contributed by atoms with Gasteiger partial charge in [-0.05, 0) is 25.0 Å². The van der Waals surface area contributed by atoms with Crippen LogP contribution in [-0.4, -0.2) is 43.4 Å². The number of nitrogens with one attached hydrogen (secondary N) is 1. The molecule has 3 N–H and O–H groups in total. The monoisotopic (exact) mass is 267 g/mol. The van der Waals surface area contributed by atoms with Crippen molar-refractivity contribution in [3.05, 3.63) is 35.6 Å². The molecule has 1 aliphatic heterocycles. The third-order valence-electron chi connectivity index (χ3n) is 3.43. The molecule has 2 rings (SSSR count). The van der Waals surface area contributed by atoms with Crippen LogP contribution in [-0.2, 0) is 11.2 Å². The lowest BCUT2D eigenvalue weighted by Crippen LogP contribution is -2.60. The lowest BCUT2D eigenvalue weighted by Gasteiger charge is -2.38. The van der Waals surface area contributed by atoms with Crippen molar-refractivity contribution in [2.75, 3.05) is 32.8 Å². The Morgan fingerprint density at radius 2 is 2.05 bits per heavy atom. The maximum atomic E-state index is 13.7. The summed E-state index contributed by atoms with van der Waals surface area (Å²) in [5.41, 5.74) is 9.64. The number of benzene rings is 1. The predicted octanol–water partition coefficient (Wildman–Crippen LogP) is 0.922. The highest BCUT2D eigenvalue weighted by atomic mass is 19.1. The van der Waals surface area contributed by atoms with Gasteiger partial charge in [0.15, 0.2) is 0 Å². The fourth-order valence-corrected chi connectivity index (χ4v) is 2.28. The van der Waals surface area contributed by atoms with Gasteiger partial charge in [-0.15, -0.1) is 0 Å². The summed E-state index contributed by atoms with van der Waals surface area (Å²) in [6.45, 7) is 5.55. The molecule has 0 bridgehead atoms. The molecule has 4 nitrogen and oxygen atoms in total. The Kier molecular flexibility index (Phi) is 4.87. The van der Waals surface area contributed by atoms with Gasteiger partial charge in [-0.1, -0.05) is 18.2 Å². The first-order chi connectivity index (χ1) is 9.13. The largest absolute Gasteiger partial charge is 0.379 e. The van der Waals surface area contributed by atoms with E-state index in [9.17, 15) is 4.39 Å². The number of nitrogens with two attached hydrogens (primary N) is 1. The lowest BCUT2D eigenvalue weighted by atomic mass is 9.93. The minimum atomic E-state index is -0.348. The maximum absolute atomic E-state index is 13.7. The van der Waals surface area contributed by atoms with Crippen LogP contribution in [0.4, 0.5) is 4.39 Å². The molecule has 1 heterocycles. The molecule has 0 aromatic heterocycles. The molecule has 106 valence electrons. The Balaban J connectivity index is 2.02. The van der Waals surface area contributed by atoms with Gasteiger partial charge in [0.05, 0.1) is 13.2 Å². The molecule has 5 heteroatoms. The number of halogens is 1. The summed E-state index contributed by atoms with van der Waals surface area (Å²) in [7, 11) is 0. The van der Waals surface area contributed by atoms with Crippen LogP contribution in [0, 0.1) is 5.82 Å². The van der Waals surface area contributed by atoms with E-state index in [-0.39, 0.29) is 11.4 Å². The average molecular weight is 267 g/mol. The molecule has 1 unspecified atom stereocenters. The van der Waals surface area contributed by atoms with Crippen molar-refractivity contribution in [1.82, 2.24) is 10.4 Å². The zero-order valence-corrected chi connectivity index (χ0v) is 11.4. The third kappa shape index (κ3) is 3.98. The van der Waals surface area contributed by atoms with Crippen molar-refractivity contribution < 1.29 is 9.13 Å². The van der Waals surface area contributed by atoms with E-state index >= 15 is 0 Å². The number of nitrogens with zero attached hydrogens (tertiary/aromatic N) is 1. The van der Waals surface area contributed by atoms with Crippen LogP contribution in [0.2, 0.25) is 0 Å². The number of morpholine rings is 1. The number of hydrogen-bond acceptors (Lipinski definition) is 4. The van der Waals surface area contributed by atoms with Crippen molar-refractivity contribution in [2.24, 2.45) is 5.73 Å². The normalized spacial score (nSPS) is 20.2. The fraction of sp³-hybridized carbons (Fsp3) is 0.571. The Hall–Kier alpha value is -1.01. The van der Waals surface area contributed by atoms with Crippen LogP contribution >= 0.6 is 0 Å². The number of hydrogen-bond donors (Lipinski definition) is 2. The van der Waals surface area contributed by atoms with Gasteiger partial charge in [-0.2, -0.15) is 0 Å². The first-order valence-electron chi connectivity index (χ1n) is 6.67. The van der Waals surface area contributed by atoms with Crippen LogP contribution < -0.4 is 11.2 Å². The van der Waals surface area contributed by atoms with Gasteiger partial charge in [-0.25, -0.2) is 14.8 Å². The summed E-state index contributed by atoms with van der Waals surface area (Å²) in [6, 6.07) is 6.85. The molecule has 19 heavy (non-hydrogen) atoms. The summed E-state index contributed by atoms with van der Waals surface area (Å²) in [5, 5.41) is 2.11. The van der Waals surface area contributed by atoms with E-state index in [1.54, 1.807) is 6.07 Å². The zero-order chi connectivity index (χ0) is 13.7. The summed E-state index contributed by atoms with van der Waals surface area (Å²) in [5.74, 6) is -0.175. The molecular weight excluding hydrogens is 245 g/mol. The van der Waals surface area contributed by atoms with E-state index < -0.39 is 0 Å². The van der Waals surface area contributed by atoms with E-state index in [0.29, 0.717) is 31.7 Å². The minimum absolute atomic E-state index is 0.175. The number of hydrazine groups is 1. The highest BCUT2D eigenvalue weighted by Crippen LogP contribution is 2.16. The van der Waals surface area contributed by atoms with E-state index in [2.05, 4.69) is 10.4 Å². The second-order valence-electron chi connectivity index (χ2n) is 5.24. The standard InChI is InChI=1S/C14H22FN3O/c1-14(11-16,17-18-6-8-19-9-7-18)10-12-4-2-3-5-13(12)15/h2-5,17H,6-11,16H2,1H3. The molecule has 0 aliphatic carbocycles. The summed E-state index contributed by atoms with van der Waals surface area (Å²) >= 11 is 0. The Bertz CT molecular complexity index is 409. The molecule has 1 aromatic carbocycles. The highest BCUT2D eigenvalue weighted by molar-refractivity contribution is 5.20. The minimum Gasteiger partial charge on any atom is -0.379 e. The van der Waals surface area contributed by atoms with Crippen LogP contribution in [0.5, 0.6) is 0 Å². The lowest BCUT2D eigenvalue weighted by molar-refractivity contribution is -0.00893. The zero-order valence-electron chi connectivity index (χ0n) is 11.4. The number of ether oxygens (including phenoxy) is 1. The van der Waals surface area contributed by atoms with Crippen LogP contribution in [0.25, 0.3) is 0 Å². The van der Waals surface area contributed by atoms with E-state index in [1.807, 2.05) is 19.1 Å². The molecule has 1 aromatic rings. The van der Waals surface area contributed by atoms with Gasteiger partial charge < -0.3 is 10.5 Å². The van der Waals surface area contributed by atoms with Gasteiger partial charge in [-0.3, -0.25) is 0 Å². The second kappa shape index (κ2) is 6.43. The second-order valence-corrected chi connectivity index (χ2v) is 5.24. The van der Waals surface area contributed by atoms with Gasteiger partial charge in [0.2, 0.25) is 0 Å². The summed E-state index contributed by atoms with van der Waals surface area (Å²) in [6.07, 6.45) is 0.563. The SMILES string of the molecule is CC(CN)(Cc1ccccc1F)NN1CCOCC1. The first kappa shape index (κ1) is 14.4. The third-order valence-corrected chi connectivity index (χ3v) is 3.43. The van der Waals surface area contributed by atoms with Crippen molar-refractivity contribution in [1.29, 1.82) is 0 Å². The van der Waals surface area contributed by atoms with Gasteiger partial charge in [0, 0.05) is 25.2 Å². The molecule has 0 amide bonds. The Morgan fingerprint density at radius 1 is 1.37 bits per heavy atom. The Morgan fingerprint density at radius 3 is 2.68 bits per heavy atom. The van der Waals surface area contributed by atoms with Crippen molar-refractivity contribution in [2.45, 2.75) is 18.9 Å². The molecule has 0 spiro atoms. The summed E-state index contributed by atoms with van der Waals surface area (Å²) in [4.78, 5) is 0. The molecular formula is C14H22FN3O. The topological polar surface area (TPSA) is 50.5 Å². The molecule has 1 atom stereocenters. The van der Waals surface area contributed by atoms with Gasteiger partial charge >= 0.3 is 0 Å². The highest BCUT2D eigenvalue weighted by Gasteiger charge is 2.27. The molecule has 0 saturated carbocycles. The molecule has 0 radical (unpaired) electrons. The summed E-state index contributed by atoms with van der Waals surface area (Å²) < 4.78 is 19.0. The smallest absolute Gasteiger partial charge is 0.126 e. The van der Waals surface area contributed by atoms with Gasteiger partial charge in [0.25, 0.3) is 0 Å².